The summed E-state index contributed by atoms with van der Waals surface area (Å²) in [5, 5.41) is 23.9. The minimum atomic E-state index is -0.707. The number of nitrogens with two attached hydrogens (primary N) is 1. The van der Waals surface area contributed by atoms with E-state index >= 15 is 0 Å². The standard InChI is InChI=1S/C41H78N6O4/c1-26(46(6)7)20-29(24-43-19-17-33-14-9-10-18-44-33)15-16-30-12-11-13-31(39(30)50-8)25-47-38(37(28(3)48)36(23-42)51-47)40(49)45-35-22-32-21-34(27(35)2)41(32,4)5/h26-39,43-44,48H,9-25,42H2,1-8H3,(H,45,49)/t26?,27-,28-,29?,30?,31?,32+,33?,34-,35-,36-,37+,38-,39?/m0/s1. The highest BCUT2D eigenvalue weighted by Crippen LogP contribution is 2.61. The van der Waals surface area contributed by atoms with E-state index in [-0.39, 0.29) is 36.4 Å². The fourth-order valence-corrected chi connectivity index (χ4v) is 11.2. The van der Waals surface area contributed by atoms with E-state index in [9.17, 15) is 9.90 Å². The first kappa shape index (κ1) is 41.3. The molecule has 0 aromatic heterocycles. The number of piperidine rings is 1. The lowest BCUT2D eigenvalue weighted by Crippen LogP contribution is -2.62. The maximum atomic E-state index is 14.3. The first-order valence-corrected chi connectivity index (χ1v) is 21.1. The lowest BCUT2D eigenvalue weighted by molar-refractivity contribution is -0.185. The van der Waals surface area contributed by atoms with Gasteiger partial charge in [0.05, 0.1) is 18.3 Å². The van der Waals surface area contributed by atoms with Gasteiger partial charge in [-0.2, -0.15) is 5.06 Å². The van der Waals surface area contributed by atoms with Crippen molar-refractivity contribution >= 4 is 5.91 Å². The predicted molar refractivity (Wildman–Crippen MR) is 206 cm³/mol. The Hall–Kier alpha value is -0.850. The van der Waals surface area contributed by atoms with Gasteiger partial charge < -0.3 is 36.4 Å². The molecule has 6 fully saturated rings. The van der Waals surface area contributed by atoms with E-state index in [0.717, 1.165) is 38.8 Å². The number of nitrogens with one attached hydrogen (secondary N) is 3. The number of fused-ring (bicyclic) bond motifs is 2. The molecule has 0 spiro atoms. The quantitative estimate of drug-likeness (QED) is 0.131. The number of amides is 1. The molecule has 1 amide bonds. The Kier molecular flexibility index (Phi) is 15.1. The van der Waals surface area contributed by atoms with Crippen LogP contribution in [0.4, 0.5) is 0 Å². The van der Waals surface area contributed by atoms with Crippen LogP contribution in [0.15, 0.2) is 0 Å². The van der Waals surface area contributed by atoms with Crippen LogP contribution < -0.4 is 21.7 Å². The summed E-state index contributed by atoms with van der Waals surface area (Å²) in [6.45, 7) is 15.4. The Labute approximate surface area is 311 Å². The van der Waals surface area contributed by atoms with Crippen LogP contribution in [-0.2, 0) is 14.4 Å². The van der Waals surface area contributed by atoms with Crippen LogP contribution in [0.5, 0.6) is 0 Å². The number of carbonyl (C=O) groups excluding carboxylic acids is 1. The molecular formula is C41H78N6O4. The zero-order chi connectivity index (χ0) is 36.9. The van der Waals surface area contributed by atoms with E-state index in [4.69, 9.17) is 15.3 Å². The molecule has 2 saturated heterocycles. The van der Waals surface area contributed by atoms with Gasteiger partial charge in [0.25, 0.3) is 0 Å². The second-order valence-corrected chi connectivity index (χ2v) is 18.6. The number of hydroxylamine groups is 2. The Morgan fingerprint density at radius 2 is 1.88 bits per heavy atom. The van der Waals surface area contributed by atoms with Crippen LogP contribution in [0, 0.1) is 46.8 Å². The Bertz CT molecular complexity index is 1070. The van der Waals surface area contributed by atoms with Gasteiger partial charge in [0.15, 0.2) is 0 Å². The van der Waals surface area contributed by atoms with Crippen LogP contribution in [-0.4, -0.2) is 117 Å². The average Bonchev–Trinajstić information content (AvgIpc) is 3.48. The molecule has 0 radical (unpaired) electrons. The van der Waals surface area contributed by atoms with Crippen molar-refractivity contribution in [3.05, 3.63) is 0 Å². The SMILES string of the molecule is COC1C(CCC(CNCCC2CCCCN2)CC(C)N(C)C)CCCC1CN1O[C@@H](CN)[C@@H]([C@H](C)O)[C@H]1C(=O)N[C@H]1C[C@H]2C[C@@H]([C@@H]1C)C2(C)C. The normalized spacial score (nSPS) is 38.6. The van der Waals surface area contributed by atoms with Crippen molar-refractivity contribution in [1.82, 2.24) is 25.9 Å². The summed E-state index contributed by atoms with van der Waals surface area (Å²) in [7, 11) is 6.26. The van der Waals surface area contributed by atoms with Gasteiger partial charge in [-0.25, -0.2) is 0 Å². The Morgan fingerprint density at radius 3 is 2.51 bits per heavy atom. The highest BCUT2D eigenvalue weighted by molar-refractivity contribution is 5.82. The summed E-state index contributed by atoms with van der Waals surface area (Å²) in [5.41, 5.74) is 6.58. The Balaban J connectivity index is 1.21. The third-order valence-corrected chi connectivity index (χ3v) is 14.9. The van der Waals surface area contributed by atoms with Crippen molar-refractivity contribution in [2.75, 3.05) is 53.9 Å². The molecule has 6 rings (SSSR count). The topological polar surface area (TPSA) is 124 Å². The summed E-state index contributed by atoms with van der Waals surface area (Å²) < 4.78 is 6.35. The van der Waals surface area contributed by atoms with E-state index in [2.05, 4.69) is 62.6 Å². The largest absolute Gasteiger partial charge is 0.393 e. The van der Waals surface area contributed by atoms with Gasteiger partial charge in [-0.05, 0) is 147 Å². The molecule has 51 heavy (non-hydrogen) atoms. The van der Waals surface area contributed by atoms with Crippen LogP contribution in [0.25, 0.3) is 0 Å². The number of ether oxygens (including phenoxy) is 1. The summed E-state index contributed by atoms with van der Waals surface area (Å²) >= 11 is 0. The van der Waals surface area contributed by atoms with Gasteiger partial charge in [-0.1, -0.05) is 33.6 Å². The molecule has 10 heteroatoms. The lowest BCUT2D eigenvalue weighted by atomic mass is 9.45. The first-order chi connectivity index (χ1) is 24.3. The van der Waals surface area contributed by atoms with Crippen LogP contribution in [0.1, 0.15) is 112 Å². The second kappa shape index (κ2) is 18.7. The van der Waals surface area contributed by atoms with Crippen molar-refractivity contribution in [3.8, 4) is 0 Å². The van der Waals surface area contributed by atoms with E-state index < -0.39 is 18.2 Å². The number of hydrogen-bond donors (Lipinski definition) is 5. The molecule has 0 aromatic carbocycles. The predicted octanol–water partition coefficient (Wildman–Crippen LogP) is 4.40. The maximum Gasteiger partial charge on any atom is 0.240 e. The van der Waals surface area contributed by atoms with Crippen molar-refractivity contribution in [1.29, 1.82) is 0 Å². The highest BCUT2D eigenvalue weighted by Gasteiger charge is 2.57. The fourth-order valence-electron chi connectivity index (χ4n) is 11.2. The van der Waals surface area contributed by atoms with Crippen molar-refractivity contribution < 1.29 is 19.5 Å². The first-order valence-electron chi connectivity index (χ1n) is 21.1. The molecule has 4 aliphatic carbocycles. The summed E-state index contributed by atoms with van der Waals surface area (Å²) in [6.07, 6.45) is 13.4. The molecule has 2 bridgehead atoms. The summed E-state index contributed by atoms with van der Waals surface area (Å²) in [6, 6.07) is 0.801. The van der Waals surface area contributed by atoms with Crippen molar-refractivity contribution in [2.45, 2.75) is 154 Å². The molecule has 0 aromatic rings. The van der Waals surface area contributed by atoms with E-state index in [1.807, 2.05) is 12.2 Å². The minimum Gasteiger partial charge on any atom is -0.393 e. The number of rotatable bonds is 18. The van der Waals surface area contributed by atoms with Gasteiger partial charge in [-0.3, -0.25) is 9.63 Å². The van der Waals surface area contributed by atoms with Crippen LogP contribution in [0.2, 0.25) is 0 Å². The molecule has 6 aliphatic rings. The van der Waals surface area contributed by atoms with E-state index in [1.54, 1.807) is 6.92 Å². The molecule has 6 unspecified atom stereocenters. The highest BCUT2D eigenvalue weighted by atomic mass is 16.7. The van der Waals surface area contributed by atoms with Crippen molar-refractivity contribution in [3.63, 3.8) is 0 Å². The monoisotopic (exact) mass is 719 g/mol. The number of aliphatic hydroxyl groups is 1. The van der Waals surface area contributed by atoms with Crippen molar-refractivity contribution in [2.24, 2.45) is 52.6 Å². The number of aliphatic hydroxyl groups excluding tert-OH is 1. The van der Waals surface area contributed by atoms with Gasteiger partial charge in [0, 0.05) is 50.2 Å². The molecule has 296 valence electrons. The molecule has 6 N–H and O–H groups in total. The molecule has 2 aliphatic heterocycles. The molecule has 2 heterocycles. The number of hydrogen-bond acceptors (Lipinski definition) is 9. The number of nitrogens with zero attached hydrogens (tertiary/aromatic N) is 2. The van der Waals surface area contributed by atoms with Gasteiger partial charge >= 0.3 is 0 Å². The average molecular weight is 719 g/mol. The fraction of sp³-hybridized carbons (Fsp3) is 0.976. The zero-order valence-corrected chi connectivity index (χ0v) is 33.7. The van der Waals surface area contributed by atoms with Gasteiger partial charge in [0.1, 0.15) is 6.04 Å². The van der Waals surface area contributed by atoms with Crippen LogP contribution >= 0.6 is 0 Å². The Morgan fingerprint density at radius 1 is 1.12 bits per heavy atom. The van der Waals surface area contributed by atoms with Gasteiger partial charge in [0.2, 0.25) is 5.91 Å². The van der Waals surface area contributed by atoms with E-state index in [0.29, 0.717) is 53.6 Å². The molecule has 14 atom stereocenters. The molecule has 4 saturated carbocycles. The summed E-state index contributed by atoms with van der Waals surface area (Å²) in [4.78, 5) is 23.1. The number of methoxy groups -OCH3 is 1. The molecular weight excluding hydrogens is 640 g/mol. The van der Waals surface area contributed by atoms with Gasteiger partial charge in [-0.15, -0.1) is 0 Å². The third-order valence-electron chi connectivity index (χ3n) is 14.9. The minimum absolute atomic E-state index is 0.0150. The smallest absolute Gasteiger partial charge is 0.240 e. The molecule has 10 nitrogen and oxygen atoms in total. The second-order valence-electron chi connectivity index (χ2n) is 18.6. The van der Waals surface area contributed by atoms with E-state index in [1.165, 1.54) is 57.9 Å². The summed E-state index contributed by atoms with van der Waals surface area (Å²) in [5.74, 6) is 2.69. The third kappa shape index (κ3) is 9.88. The number of carbonyl (C=O) groups is 1. The lowest BCUT2D eigenvalue weighted by Gasteiger charge is -2.62. The van der Waals surface area contributed by atoms with Crippen LogP contribution in [0.3, 0.4) is 0 Å². The zero-order valence-electron chi connectivity index (χ0n) is 33.7. The maximum absolute atomic E-state index is 14.3.